The van der Waals surface area contributed by atoms with E-state index in [0.717, 1.165) is 25.2 Å². The number of rotatable bonds is 4. The number of para-hydroxylation sites is 1. The van der Waals surface area contributed by atoms with Crippen LogP contribution >= 0.6 is 0 Å². The summed E-state index contributed by atoms with van der Waals surface area (Å²) < 4.78 is 0. The standard InChI is InChI=1S/C13H19N3O2/c17-13(15-12-6-2-1-3-7-12)16-18-10-11-5-4-8-14-9-11/h1-3,6-7,11,14H,4-5,8-10H2,(H2,15,16,17). The number of urea groups is 1. The molecule has 0 aliphatic carbocycles. The van der Waals surface area contributed by atoms with Crippen LogP contribution in [0.25, 0.3) is 0 Å². The second kappa shape index (κ2) is 6.98. The molecule has 2 rings (SSSR count). The zero-order valence-corrected chi connectivity index (χ0v) is 10.3. The lowest BCUT2D eigenvalue weighted by Crippen LogP contribution is -2.36. The maximum absolute atomic E-state index is 11.5. The maximum Gasteiger partial charge on any atom is 0.343 e. The summed E-state index contributed by atoms with van der Waals surface area (Å²) in [6.45, 7) is 2.59. The molecule has 5 heteroatoms. The Kier molecular flexibility index (Phi) is 4.99. The third-order valence-corrected chi connectivity index (χ3v) is 2.91. The van der Waals surface area contributed by atoms with Gasteiger partial charge >= 0.3 is 6.03 Å². The van der Waals surface area contributed by atoms with E-state index in [0.29, 0.717) is 12.5 Å². The zero-order valence-electron chi connectivity index (χ0n) is 10.3. The van der Waals surface area contributed by atoms with E-state index in [2.05, 4.69) is 16.1 Å². The number of anilines is 1. The summed E-state index contributed by atoms with van der Waals surface area (Å²) in [6, 6.07) is 8.93. The molecule has 1 aromatic carbocycles. The van der Waals surface area contributed by atoms with Crippen LogP contribution in [0.3, 0.4) is 0 Å². The maximum atomic E-state index is 11.5. The Morgan fingerprint density at radius 3 is 2.94 bits per heavy atom. The number of carbonyl (C=O) groups is 1. The number of hydrogen-bond acceptors (Lipinski definition) is 3. The van der Waals surface area contributed by atoms with Crippen molar-refractivity contribution in [1.82, 2.24) is 10.8 Å². The monoisotopic (exact) mass is 249 g/mol. The lowest BCUT2D eigenvalue weighted by atomic mass is 10.0. The minimum Gasteiger partial charge on any atom is -0.316 e. The number of benzene rings is 1. The molecular weight excluding hydrogens is 230 g/mol. The molecule has 0 aromatic heterocycles. The molecule has 1 aliphatic rings. The number of nitrogens with one attached hydrogen (secondary N) is 3. The van der Waals surface area contributed by atoms with Gasteiger partial charge < -0.3 is 10.6 Å². The van der Waals surface area contributed by atoms with Crippen molar-refractivity contribution in [3.05, 3.63) is 30.3 Å². The molecule has 3 N–H and O–H groups in total. The highest BCUT2D eigenvalue weighted by atomic mass is 16.7. The van der Waals surface area contributed by atoms with Crippen molar-refractivity contribution >= 4 is 11.7 Å². The first kappa shape index (κ1) is 12.9. The Bertz CT molecular complexity index is 364. The number of amides is 2. The summed E-state index contributed by atoms with van der Waals surface area (Å²) in [6.07, 6.45) is 2.32. The van der Waals surface area contributed by atoms with E-state index < -0.39 is 0 Å². The van der Waals surface area contributed by atoms with E-state index in [4.69, 9.17) is 4.84 Å². The molecule has 1 heterocycles. The Hall–Kier alpha value is -1.59. The average molecular weight is 249 g/mol. The molecule has 0 bridgehead atoms. The van der Waals surface area contributed by atoms with Gasteiger partial charge in [-0.3, -0.25) is 4.84 Å². The smallest absolute Gasteiger partial charge is 0.316 e. The molecule has 1 aliphatic heterocycles. The molecular formula is C13H19N3O2. The minimum absolute atomic E-state index is 0.343. The van der Waals surface area contributed by atoms with Gasteiger partial charge in [-0.05, 0) is 37.4 Å². The van der Waals surface area contributed by atoms with Crippen molar-refractivity contribution in [2.45, 2.75) is 12.8 Å². The van der Waals surface area contributed by atoms with Gasteiger partial charge in [-0.2, -0.15) is 0 Å². The van der Waals surface area contributed by atoms with Crippen LogP contribution in [0.15, 0.2) is 30.3 Å². The van der Waals surface area contributed by atoms with Crippen LogP contribution < -0.4 is 16.1 Å². The van der Waals surface area contributed by atoms with Gasteiger partial charge in [-0.1, -0.05) is 18.2 Å². The highest BCUT2D eigenvalue weighted by Crippen LogP contribution is 2.09. The van der Waals surface area contributed by atoms with Crippen molar-refractivity contribution in [2.75, 3.05) is 25.0 Å². The quantitative estimate of drug-likeness (QED) is 0.712. The molecule has 2 amide bonds. The fraction of sp³-hybridized carbons (Fsp3) is 0.462. The topological polar surface area (TPSA) is 62.4 Å². The van der Waals surface area contributed by atoms with Crippen LogP contribution in [0.4, 0.5) is 10.5 Å². The highest BCUT2D eigenvalue weighted by molar-refractivity contribution is 5.88. The fourth-order valence-electron chi connectivity index (χ4n) is 1.97. The van der Waals surface area contributed by atoms with E-state index in [9.17, 15) is 4.79 Å². The minimum atomic E-state index is -0.343. The summed E-state index contributed by atoms with van der Waals surface area (Å²) in [5, 5.41) is 5.99. The SMILES string of the molecule is O=C(NOCC1CCCNC1)Nc1ccccc1. The molecule has 1 unspecified atom stereocenters. The Morgan fingerprint density at radius 2 is 2.22 bits per heavy atom. The van der Waals surface area contributed by atoms with Gasteiger partial charge in [0.25, 0.3) is 0 Å². The number of hydrogen-bond donors (Lipinski definition) is 3. The third-order valence-electron chi connectivity index (χ3n) is 2.91. The van der Waals surface area contributed by atoms with E-state index in [1.54, 1.807) is 0 Å². The normalized spacial score (nSPS) is 19.2. The van der Waals surface area contributed by atoms with Gasteiger partial charge in [-0.15, -0.1) is 0 Å². The second-order valence-electron chi connectivity index (χ2n) is 4.45. The molecule has 0 radical (unpaired) electrons. The van der Waals surface area contributed by atoms with Gasteiger partial charge in [0, 0.05) is 12.2 Å². The molecule has 5 nitrogen and oxygen atoms in total. The Balaban J connectivity index is 1.62. The van der Waals surface area contributed by atoms with Crippen LogP contribution in [-0.2, 0) is 4.84 Å². The largest absolute Gasteiger partial charge is 0.343 e. The molecule has 1 saturated heterocycles. The summed E-state index contributed by atoms with van der Waals surface area (Å²) in [4.78, 5) is 16.7. The molecule has 1 aromatic rings. The van der Waals surface area contributed by atoms with Crippen molar-refractivity contribution in [2.24, 2.45) is 5.92 Å². The van der Waals surface area contributed by atoms with Gasteiger partial charge in [0.2, 0.25) is 0 Å². The molecule has 1 atom stereocenters. The van der Waals surface area contributed by atoms with Crippen LogP contribution in [0.5, 0.6) is 0 Å². The zero-order chi connectivity index (χ0) is 12.6. The third kappa shape index (κ3) is 4.35. The first-order chi connectivity index (χ1) is 8.84. The lowest BCUT2D eigenvalue weighted by Gasteiger charge is -2.22. The van der Waals surface area contributed by atoms with Crippen LogP contribution in [0.2, 0.25) is 0 Å². The van der Waals surface area contributed by atoms with Gasteiger partial charge in [-0.25, -0.2) is 10.3 Å². The molecule has 18 heavy (non-hydrogen) atoms. The van der Waals surface area contributed by atoms with Crippen molar-refractivity contribution in [3.8, 4) is 0 Å². The fourth-order valence-corrected chi connectivity index (χ4v) is 1.97. The van der Waals surface area contributed by atoms with E-state index >= 15 is 0 Å². The molecule has 0 saturated carbocycles. The molecule has 1 fully saturated rings. The highest BCUT2D eigenvalue weighted by Gasteiger charge is 2.13. The number of piperidine rings is 1. The first-order valence-electron chi connectivity index (χ1n) is 6.29. The summed E-state index contributed by atoms with van der Waals surface area (Å²) in [7, 11) is 0. The predicted octanol–water partition coefficient (Wildman–Crippen LogP) is 1.74. The summed E-state index contributed by atoms with van der Waals surface area (Å²) >= 11 is 0. The van der Waals surface area contributed by atoms with E-state index in [-0.39, 0.29) is 6.03 Å². The second-order valence-corrected chi connectivity index (χ2v) is 4.45. The Morgan fingerprint density at radius 1 is 1.39 bits per heavy atom. The van der Waals surface area contributed by atoms with Gasteiger partial charge in [0.05, 0.1) is 6.61 Å². The van der Waals surface area contributed by atoms with Crippen LogP contribution in [0, 0.1) is 5.92 Å². The predicted molar refractivity (Wildman–Crippen MR) is 70.1 cm³/mol. The van der Waals surface area contributed by atoms with Gasteiger partial charge in [0.1, 0.15) is 0 Å². The first-order valence-corrected chi connectivity index (χ1v) is 6.29. The summed E-state index contributed by atoms with van der Waals surface area (Å²) in [5.74, 6) is 0.482. The average Bonchev–Trinajstić information content (AvgIpc) is 2.41. The summed E-state index contributed by atoms with van der Waals surface area (Å²) in [5.41, 5.74) is 3.15. The number of hydroxylamine groups is 1. The number of carbonyl (C=O) groups excluding carboxylic acids is 1. The molecule has 0 spiro atoms. The molecule has 98 valence electrons. The van der Waals surface area contributed by atoms with Crippen molar-refractivity contribution in [1.29, 1.82) is 0 Å². The Labute approximate surface area is 107 Å². The lowest BCUT2D eigenvalue weighted by molar-refractivity contribution is 0.0351. The van der Waals surface area contributed by atoms with Crippen molar-refractivity contribution in [3.63, 3.8) is 0 Å². The van der Waals surface area contributed by atoms with E-state index in [1.165, 1.54) is 6.42 Å². The van der Waals surface area contributed by atoms with Gasteiger partial charge in [0.15, 0.2) is 0 Å². The van der Waals surface area contributed by atoms with Crippen LogP contribution in [-0.4, -0.2) is 25.7 Å². The van der Waals surface area contributed by atoms with Crippen molar-refractivity contribution < 1.29 is 9.63 Å². The van der Waals surface area contributed by atoms with Crippen LogP contribution in [0.1, 0.15) is 12.8 Å². The van der Waals surface area contributed by atoms with E-state index in [1.807, 2.05) is 30.3 Å².